The number of nitrogens with two attached hydrogens (primary N) is 1. The van der Waals surface area contributed by atoms with E-state index in [4.69, 9.17) is 5.73 Å². The molecule has 78 valence electrons. The van der Waals surface area contributed by atoms with Crippen LogP contribution in [0.2, 0.25) is 0 Å². The van der Waals surface area contributed by atoms with Gasteiger partial charge in [0.05, 0.1) is 3.79 Å². The minimum absolute atomic E-state index is 0.220. The lowest BCUT2D eigenvalue weighted by atomic mass is 10.1. The van der Waals surface area contributed by atoms with Gasteiger partial charge < -0.3 is 5.73 Å². The van der Waals surface area contributed by atoms with Gasteiger partial charge in [0.2, 0.25) is 0 Å². The maximum absolute atomic E-state index is 12.8. The zero-order valence-electron chi connectivity index (χ0n) is 7.84. The molecule has 1 aromatic carbocycles. The van der Waals surface area contributed by atoms with E-state index in [1.807, 2.05) is 5.38 Å². The van der Waals surface area contributed by atoms with Crippen molar-refractivity contribution in [2.45, 2.75) is 6.54 Å². The molecule has 0 saturated heterocycles. The van der Waals surface area contributed by atoms with Crippen molar-refractivity contribution in [1.82, 2.24) is 0 Å². The maximum atomic E-state index is 12.8. The largest absolute Gasteiger partial charge is 0.326 e. The van der Waals surface area contributed by atoms with Crippen molar-refractivity contribution in [1.29, 1.82) is 0 Å². The van der Waals surface area contributed by atoms with Crippen molar-refractivity contribution in [2.75, 3.05) is 0 Å². The van der Waals surface area contributed by atoms with Gasteiger partial charge in [-0.1, -0.05) is 12.1 Å². The van der Waals surface area contributed by atoms with Crippen LogP contribution in [0, 0.1) is 5.82 Å². The van der Waals surface area contributed by atoms with Crippen LogP contribution in [0.25, 0.3) is 11.1 Å². The van der Waals surface area contributed by atoms with Gasteiger partial charge in [-0.3, -0.25) is 0 Å². The molecule has 0 atom stereocenters. The van der Waals surface area contributed by atoms with Gasteiger partial charge in [0.1, 0.15) is 5.82 Å². The molecule has 0 fully saturated rings. The quantitative estimate of drug-likeness (QED) is 0.893. The first-order valence-electron chi connectivity index (χ1n) is 4.44. The minimum atomic E-state index is -0.220. The molecule has 2 aromatic rings. The average Bonchev–Trinajstić information content (AvgIpc) is 2.61. The molecule has 0 aliphatic heterocycles. The maximum Gasteiger partial charge on any atom is 0.123 e. The van der Waals surface area contributed by atoms with Crippen molar-refractivity contribution >= 4 is 27.3 Å². The smallest absolute Gasteiger partial charge is 0.123 e. The molecule has 0 unspecified atom stereocenters. The SMILES string of the molecule is NCc1c(-c2ccc(F)cc2)csc1Br. The van der Waals surface area contributed by atoms with Crippen LogP contribution < -0.4 is 5.73 Å². The van der Waals surface area contributed by atoms with Gasteiger partial charge in [-0.2, -0.15) is 0 Å². The minimum Gasteiger partial charge on any atom is -0.326 e. The van der Waals surface area contributed by atoms with Gasteiger partial charge in [-0.05, 0) is 44.8 Å². The van der Waals surface area contributed by atoms with Crippen LogP contribution >= 0.6 is 27.3 Å². The first-order valence-corrected chi connectivity index (χ1v) is 6.11. The highest BCUT2D eigenvalue weighted by Crippen LogP contribution is 2.34. The van der Waals surface area contributed by atoms with Crippen LogP contribution in [0.4, 0.5) is 4.39 Å². The second-order valence-electron chi connectivity index (χ2n) is 3.11. The topological polar surface area (TPSA) is 26.0 Å². The molecule has 0 aliphatic rings. The fraction of sp³-hybridized carbons (Fsp3) is 0.0909. The highest BCUT2D eigenvalue weighted by atomic mass is 79.9. The molecule has 1 heterocycles. The molecule has 1 nitrogen and oxygen atoms in total. The summed E-state index contributed by atoms with van der Waals surface area (Å²) in [5, 5.41) is 2.03. The second kappa shape index (κ2) is 4.43. The number of benzene rings is 1. The van der Waals surface area contributed by atoms with E-state index < -0.39 is 0 Å². The third kappa shape index (κ3) is 2.12. The summed E-state index contributed by atoms with van der Waals surface area (Å²) in [6.45, 7) is 0.483. The summed E-state index contributed by atoms with van der Waals surface area (Å²) in [5.41, 5.74) is 8.82. The Labute approximate surface area is 99.9 Å². The number of hydrogen-bond donors (Lipinski definition) is 1. The molecule has 1 aromatic heterocycles. The molecule has 15 heavy (non-hydrogen) atoms. The van der Waals surface area contributed by atoms with E-state index >= 15 is 0 Å². The van der Waals surface area contributed by atoms with Crippen LogP contribution in [-0.2, 0) is 6.54 Å². The third-order valence-electron chi connectivity index (χ3n) is 2.20. The summed E-state index contributed by atoms with van der Waals surface area (Å²) in [7, 11) is 0. The predicted molar refractivity (Wildman–Crippen MR) is 65.3 cm³/mol. The third-order valence-corrected chi connectivity index (χ3v) is 4.05. The Morgan fingerprint density at radius 3 is 2.53 bits per heavy atom. The first kappa shape index (κ1) is 10.8. The number of hydrogen-bond acceptors (Lipinski definition) is 2. The van der Waals surface area contributed by atoms with E-state index in [9.17, 15) is 4.39 Å². The molecule has 0 amide bonds. The van der Waals surface area contributed by atoms with E-state index in [0.717, 1.165) is 20.5 Å². The van der Waals surface area contributed by atoms with E-state index in [-0.39, 0.29) is 5.82 Å². The van der Waals surface area contributed by atoms with Crippen LogP contribution in [0.1, 0.15) is 5.56 Å². The Hall–Kier alpha value is -0.710. The highest BCUT2D eigenvalue weighted by molar-refractivity contribution is 9.11. The predicted octanol–water partition coefficient (Wildman–Crippen LogP) is 3.78. The van der Waals surface area contributed by atoms with Crippen LogP contribution in [0.3, 0.4) is 0 Å². The molecular weight excluding hydrogens is 277 g/mol. The monoisotopic (exact) mass is 285 g/mol. The van der Waals surface area contributed by atoms with Gasteiger partial charge in [0.15, 0.2) is 0 Å². The number of thiophene rings is 1. The Kier molecular flexibility index (Phi) is 3.19. The Morgan fingerprint density at radius 2 is 1.93 bits per heavy atom. The highest BCUT2D eigenvalue weighted by Gasteiger charge is 2.09. The number of rotatable bonds is 2. The van der Waals surface area contributed by atoms with E-state index in [2.05, 4.69) is 15.9 Å². The molecule has 0 aliphatic carbocycles. The fourth-order valence-electron chi connectivity index (χ4n) is 1.42. The summed E-state index contributed by atoms with van der Waals surface area (Å²) in [6, 6.07) is 6.45. The van der Waals surface area contributed by atoms with E-state index in [0.29, 0.717) is 6.54 Å². The van der Waals surface area contributed by atoms with Crippen molar-refractivity contribution in [3.63, 3.8) is 0 Å². The van der Waals surface area contributed by atoms with Crippen molar-refractivity contribution < 1.29 is 4.39 Å². The van der Waals surface area contributed by atoms with Gasteiger partial charge in [0, 0.05) is 11.9 Å². The summed E-state index contributed by atoms with van der Waals surface area (Å²) in [5.74, 6) is -0.220. The van der Waals surface area contributed by atoms with Crippen molar-refractivity contribution in [3.05, 3.63) is 44.8 Å². The van der Waals surface area contributed by atoms with Gasteiger partial charge in [-0.15, -0.1) is 11.3 Å². The molecule has 0 radical (unpaired) electrons. The zero-order valence-corrected chi connectivity index (χ0v) is 10.2. The Bertz CT molecular complexity index is 464. The summed E-state index contributed by atoms with van der Waals surface area (Å²) < 4.78 is 13.8. The molecular formula is C11H9BrFNS. The molecule has 0 spiro atoms. The number of halogens is 2. The van der Waals surface area contributed by atoms with Crippen molar-refractivity contribution in [3.8, 4) is 11.1 Å². The lowest BCUT2D eigenvalue weighted by Crippen LogP contribution is -1.96. The van der Waals surface area contributed by atoms with Gasteiger partial charge in [0.25, 0.3) is 0 Å². The molecule has 0 saturated carbocycles. The van der Waals surface area contributed by atoms with E-state index in [1.165, 1.54) is 12.1 Å². The van der Waals surface area contributed by atoms with Gasteiger partial charge >= 0.3 is 0 Å². The zero-order chi connectivity index (χ0) is 10.8. The Morgan fingerprint density at radius 1 is 1.27 bits per heavy atom. The van der Waals surface area contributed by atoms with Crippen molar-refractivity contribution in [2.24, 2.45) is 5.73 Å². The van der Waals surface area contributed by atoms with E-state index in [1.54, 1.807) is 23.5 Å². The normalized spacial score (nSPS) is 10.6. The van der Waals surface area contributed by atoms with Crippen LogP contribution in [-0.4, -0.2) is 0 Å². The second-order valence-corrected chi connectivity index (χ2v) is 5.31. The summed E-state index contributed by atoms with van der Waals surface area (Å²) >= 11 is 5.05. The molecule has 2 N–H and O–H groups in total. The van der Waals surface area contributed by atoms with Crippen LogP contribution in [0.5, 0.6) is 0 Å². The first-order chi connectivity index (χ1) is 7.22. The lowest BCUT2D eigenvalue weighted by Gasteiger charge is -2.02. The molecule has 4 heteroatoms. The Balaban J connectivity index is 2.49. The van der Waals surface area contributed by atoms with Crippen LogP contribution in [0.15, 0.2) is 33.4 Å². The van der Waals surface area contributed by atoms with Gasteiger partial charge in [-0.25, -0.2) is 4.39 Å². The summed E-state index contributed by atoms with van der Waals surface area (Å²) in [4.78, 5) is 0. The fourth-order valence-corrected chi connectivity index (χ4v) is 2.91. The molecule has 2 rings (SSSR count). The lowest BCUT2D eigenvalue weighted by molar-refractivity contribution is 0.628. The average molecular weight is 286 g/mol. The molecule has 0 bridgehead atoms. The summed E-state index contributed by atoms with van der Waals surface area (Å²) in [6.07, 6.45) is 0. The standard InChI is InChI=1S/C11H9BrFNS/c12-11-9(5-14)10(6-15-11)7-1-3-8(13)4-2-7/h1-4,6H,5,14H2.